The van der Waals surface area contributed by atoms with Gasteiger partial charge in [0.05, 0.1) is 7.11 Å². The molecule has 2 rings (SSSR count). The van der Waals surface area contributed by atoms with Crippen LogP contribution >= 0.6 is 0 Å². The monoisotopic (exact) mass is 306 g/mol. The highest BCUT2D eigenvalue weighted by Crippen LogP contribution is 2.17. The van der Waals surface area contributed by atoms with Crippen LogP contribution in [0.2, 0.25) is 0 Å². The van der Waals surface area contributed by atoms with E-state index in [0.29, 0.717) is 17.1 Å². The summed E-state index contributed by atoms with van der Waals surface area (Å²) < 4.78 is 31.0. The predicted octanol–water partition coefficient (Wildman–Crippen LogP) is 3.41. The van der Waals surface area contributed by atoms with Crippen molar-refractivity contribution < 1.29 is 18.3 Å². The second kappa shape index (κ2) is 6.89. The maximum atomic E-state index is 13.1. The lowest BCUT2D eigenvalue weighted by Gasteiger charge is -2.15. The number of amides is 1. The summed E-state index contributed by atoms with van der Waals surface area (Å²) in [6.07, 6.45) is 0. The summed E-state index contributed by atoms with van der Waals surface area (Å²) in [6, 6.07) is 9.63. The smallest absolute Gasteiger partial charge is 0.246 e. The average molecular weight is 306 g/mol. The first kappa shape index (κ1) is 15.8. The van der Waals surface area contributed by atoms with Gasteiger partial charge < -0.3 is 15.4 Å². The second-order valence-electron chi connectivity index (χ2n) is 4.71. The summed E-state index contributed by atoms with van der Waals surface area (Å²) in [5.41, 5.74) is 0.945. The van der Waals surface area contributed by atoms with Crippen molar-refractivity contribution in [1.82, 2.24) is 0 Å². The fourth-order valence-electron chi connectivity index (χ4n) is 1.83. The van der Waals surface area contributed by atoms with E-state index < -0.39 is 17.7 Å². The Morgan fingerprint density at radius 2 is 1.68 bits per heavy atom. The summed E-state index contributed by atoms with van der Waals surface area (Å²) in [6.45, 7) is 1.63. The van der Waals surface area contributed by atoms with Crippen LogP contribution in [0.4, 0.5) is 20.2 Å². The van der Waals surface area contributed by atoms with E-state index in [-0.39, 0.29) is 5.91 Å². The van der Waals surface area contributed by atoms with Gasteiger partial charge in [-0.15, -0.1) is 0 Å². The van der Waals surface area contributed by atoms with Gasteiger partial charge in [-0.05, 0) is 43.3 Å². The van der Waals surface area contributed by atoms with Crippen molar-refractivity contribution >= 4 is 17.3 Å². The van der Waals surface area contributed by atoms with E-state index in [0.717, 1.165) is 12.1 Å². The fourth-order valence-corrected chi connectivity index (χ4v) is 1.83. The highest BCUT2D eigenvalue weighted by molar-refractivity contribution is 5.96. The standard InChI is InChI=1S/C16H16F2N2O2/c1-10(19-12-5-8-14(17)15(18)9-12)16(21)20-11-3-6-13(22-2)7-4-11/h3-10,19H,1-2H3,(H,20,21). The third-order valence-corrected chi connectivity index (χ3v) is 3.05. The number of halogens is 2. The predicted molar refractivity (Wildman–Crippen MR) is 81.1 cm³/mol. The molecule has 2 N–H and O–H groups in total. The molecule has 0 aliphatic rings. The summed E-state index contributed by atoms with van der Waals surface area (Å²) in [7, 11) is 1.56. The lowest BCUT2D eigenvalue weighted by molar-refractivity contribution is -0.116. The van der Waals surface area contributed by atoms with Crippen molar-refractivity contribution in [3.63, 3.8) is 0 Å². The first-order chi connectivity index (χ1) is 10.5. The van der Waals surface area contributed by atoms with Crippen molar-refractivity contribution in [3.05, 3.63) is 54.1 Å². The highest BCUT2D eigenvalue weighted by atomic mass is 19.2. The van der Waals surface area contributed by atoms with Gasteiger partial charge in [0.25, 0.3) is 0 Å². The molecule has 0 aliphatic carbocycles. The third kappa shape index (κ3) is 3.94. The zero-order valence-corrected chi connectivity index (χ0v) is 12.2. The highest BCUT2D eigenvalue weighted by Gasteiger charge is 2.13. The number of carbonyl (C=O) groups excluding carboxylic acids is 1. The Hall–Kier alpha value is -2.63. The first-order valence-corrected chi connectivity index (χ1v) is 6.66. The molecule has 0 saturated carbocycles. The van der Waals surface area contributed by atoms with Crippen molar-refractivity contribution in [2.45, 2.75) is 13.0 Å². The first-order valence-electron chi connectivity index (χ1n) is 6.66. The molecular formula is C16H16F2N2O2. The van der Waals surface area contributed by atoms with Gasteiger partial charge in [0.2, 0.25) is 5.91 Å². The molecule has 0 aromatic heterocycles. The molecule has 0 aliphatic heterocycles. The lowest BCUT2D eigenvalue weighted by atomic mass is 10.2. The molecule has 0 fully saturated rings. The van der Waals surface area contributed by atoms with Crippen LogP contribution < -0.4 is 15.4 Å². The number of hydrogen-bond acceptors (Lipinski definition) is 3. The molecular weight excluding hydrogens is 290 g/mol. The Labute approximate surface area is 127 Å². The van der Waals surface area contributed by atoms with E-state index in [1.807, 2.05) is 0 Å². The minimum atomic E-state index is -0.965. The lowest BCUT2D eigenvalue weighted by Crippen LogP contribution is -2.31. The number of anilines is 2. The Balaban J connectivity index is 1.97. The molecule has 116 valence electrons. The molecule has 0 spiro atoms. The number of carbonyl (C=O) groups is 1. The quantitative estimate of drug-likeness (QED) is 0.890. The Bertz CT molecular complexity index is 660. The molecule has 0 radical (unpaired) electrons. The Morgan fingerprint density at radius 1 is 1.05 bits per heavy atom. The van der Waals surface area contributed by atoms with Crippen molar-refractivity contribution in [2.75, 3.05) is 17.7 Å². The third-order valence-electron chi connectivity index (χ3n) is 3.05. The van der Waals surface area contributed by atoms with Gasteiger partial charge in [-0.2, -0.15) is 0 Å². The molecule has 4 nitrogen and oxygen atoms in total. The Kier molecular flexibility index (Phi) is 4.93. The number of nitrogens with one attached hydrogen (secondary N) is 2. The minimum absolute atomic E-state index is 0.296. The van der Waals surface area contributed by atoms with Gasteiger partial charge in [0.15, 0.2) is 11.6 Å². The second-order valence-corrected chi connectivity index (χ2v) is 4.71. The molecule has 2 aromatic carbocycles. The maximum Gasteiger partial charge on any atom is 0.246 e. The van der Waals surface area contributed by atoms with E-state index >= 15 is 0 Å². The molecule has 6 heteroatoms. The van der Waals surface area contributed by atoms with Crippen LogP contribution in [-0.2, 0) is 4.79 Å². The summed E-state index contributed by atoms with van der Waals surface area (Å²) in [4.78, 5) is 12.1. The number of hydrogen-bond donors (Lipinski definition) is 2. The minimum Gasteiger partial charge on any atom is -0.497 e. The molecule has 1 unspecified atom stereocenters. The van der Waals surface area contributed by atoms with Crippen LogP contribution in [0.25, 0.3) is 0 Å². The average Bonchev–Trinajstić information content (AvgIpc) is 2.51. The van der Waals surface area contributed by atoms with Gasteiger partial charge in [0.1, 0.15) is 11.8 Å². The van der Waals surface area contributed by atoms with Gasteiger partial charge in [0, 0.05) is 17.4 Å². The SMILES string of the molecule is COc1ccc(NC(=O)C(C)Nc2ccc(F)c(F)c2)cc1. The molecule has 22 heavy (non-hydrogen) atoms. The van der Waals surface area contributed by atoms with Crippen molar-refractivity contribution in [1.29, 1.82) is 0 Å². The number of ether oxygens (including phenoxy) is 1. The van der Waals surface area contributed by atoms with E-state index in [1.54, 1.807) is 38.3 Å². The van der Waals surface area contributed by atoms with E-state index in [9.17, 15) is 13.6 Å². The van der Waals surface area contributed by atoms with Gasteiger partial charge >= 0.3 is 0 Å². The summed E-state index contributed by atoms with van der Waals surface area (Å²) in [5.74, 6) is -1.51. The molecule has 1 atom stereocenters. The molecule has 0 saturated heterocycles. The number of rotatable bonds is 5. The van der Waals surface area contributed by atoms with Gasteiger partial charge in [-0.1, -0.05) is 0 Å². The van der Waals surface area contributed by atoms with Crippen molar-refractivity contribution in [3.8, 4) is 5.75 Å². The molecule has 2 aromatic rings. The summed E-state index contributed by atoms with van der Waals surface area (Å²) >= 11 is 0. The normalized spacial score (nSPS) is 11.6. The van der Waals surface area contributed by atoms with Crippen LogP contribution in [0.1, 0.15) is 6.92 Å². The molecule has 0 heterocycles. The van der Waals surface area contributed by atoms with Crippen LogP contribution in [0.5, 0.6) is 5.75 Å². The van der Waals surface area contributed by atoms with Gasteiger partial charge in [-0.25, -0.2) is 8.78 Å². The van der Waals surface area contributed by atoms with E-state index in [4.69, 9.17) is 4.74 Å². The largest absolute Gasteiger partial charge is 0.497 e. The van der Waals surface area contributed by atoms with E-state index in [1.165, 1.54) is 6.07 Å². The molecule has 1 amide bonds. The fraction of sp³-hybridized carbons (Fsp3) is 0.188. The Morgan fingerprint density at radius 3 is 2.27 bits per heavy atom. The number of methoxy groups -OCH3 is 1. The van der Waals surface area contributed by atoms with Gasteiger partial charge in [-0.3, -0.25) is 4.79 Å². The molecule has 0 bridgehead atoms. The maximum absolute atomic E-state index is 13.1. The van der Waals surface area contributed by atoms with Crippen LogP contribution in [0.15, 0.2) is 42.5 Å². The van der Waals surface area contributed by atoms with Crippen LogP contribution in [-0.4, -0.2) is 19.1 Å². The van der Waals surface area contributed by atoms with E-state index in [2.05, 4.69) is 10.6 Å². The number of benzene rings is 2. The topological polar surface area (TPSA) is 50.4 Å². The van der Waals surface area contributed by atoms with Crippen LogP contribution in [0, 0.1) is 11.6 Å². The van der Waals surface area contributed by atoms with Crippen molar-refractivity contribution in [2.24, 2.45) is 0 Å². The zero-order valence-electron chi connectivity index (χ0n) is 12.2. The summed E-state index contributed by atoms with van der Waals surface area (Å²) in [5, 5.41) is 5.52. The zero-order chi connectivity index (χ0) is 16.1. The van der Waals surface area contributed by atoms with Crippen LogP contribution in [0.3, 0.4) is 0 Å².